The minimum atomic E-state index is -0.558. The Balaban J connectivity index is 2.15. The van der Waals surface area contributed by atoms with Crippen molar-refractivity contribution in [3.63, 3.8) is 0 Å². The zero-order valence-corrected chi connectivity index (χ0v) is 9.84. The van der Waals surface area contributed by atoms with Crippen LogP contribution < -0.4 is 11.1 Å². The summed E-state index contributed by atoms with van der Waals surface area (Å²) in [5, 5.41) is 5.00. The van der Waals surface area contributed by atoms with E-state index in [9.17, 15) is 9.18 Å². The third-order valence-corrected chi connectivity index (χ3v) is 2.88. The molecule has 88 valence electrons. The fraction of sp³-hybridized carbons (Fsp3) is 0.0909. The highest BCUT2D eigenvalue weighted by Crippen LogP contribution is 2.17. The summed E-state index contributed by atoms with van der Waals surface area (Å²) in [5.41, 5.74) is 6.06. The van der Waals surface area contributed by atoms with Gasteiger partial charge in [-0.15, -0.1) is 11.3 Å². The van der Waals surface area contributed by atoms with Crippen LogP contribution in [0.1, 0.15) is 15.5 Å². The van der Waals surface area contributed by atoms with E-state index in [1.54, 1.807) is 5.38 Å². The van der Waals surface area contributed by atoms with E-state index in [4.69, 9.17) is 5.73 Å². The second kappa shape index (κ2) is 4.50. The number of aromatic nitrogens is 1. The average molecular weight is 251 g/mol. The fourth-order valence-electron chi connectivity index (χ4n) is 1.27. The maximum Gasteiger partial charge on any atom is 0.275 e. The first-order chi connectivity index (χ1) is 8.06. The number of carbonyl (C=O) groups excluding carboxylic acids is 1. The molecule has 3 N–H and O–H groups in total. The van der Waals surface area contributed by atoms with Crippen molar-refractivity contribution < 1.29 is 9.18 Å². The van der Waals surface area contributed by atoms with Gasteiger partial charge in [-0.2, -0.15) is 0 Å². The summed E-state index contributed by atoms with van der Waals surface area (Å²) in [6.07, 6.45) is 0. The number of benzene rings is 1. The number of hydrogen-bond donors (Lipinski definition) is 2. The van der Waals surface area contributed by atoms with E-state index < -0.39 is 5.82 Å². The Bertz CT molecular complexity index is 568. The minimum Gasteiger partial charge on any atom is -0.396 e. The lowest BCUT2D eigenvalue weighted by Crippen LogP contribution is -2.12. The standard InChI is InChI=1S/C11H10FN3OS/c1-6-14-10(5-17-6)11(16)15-7-2-3-9(13)8(12)4-7/h2-5H,13H2,1H3,(H,15,16). The molecule has 0 bridgehead atoms. The predicted molar refractivity (Wildman–Crippen MR) is 65.6 cm³/mol. The molecule has 17 heavy (non-hydrogen) atoms. The molecule has 1 aromatic carbocycles. The van der Waals surface area contributed by atoms with Gasteiger partial charge in [-0.3, -0.25) is 4.79 Å². The number of nitrogens with zero attached hydrogens (tertiary/aromatic N) is 1. The molecular weight excluding hydrogens is 241 g/mol. The number of anilines is 2. The van der Waals surface area contributed by atoms with Crippen LogP contribution >= 0.6 is 11.3 Å². The van der Waals surface area contributed by atoms with Gasteiger partial charge in [-0.1, -0.05) is 0 Å². The average Bonchev–Trinajstić information content (AvgIpc) is 2.70. The monoisotopic (exact) mass is 251 g/mol. The van der Waals surface area contributed by atoms with E-state index in [1.807, 2.05) is 6.92 Å². The highest BCUT2D eigenvalue weighted by molar-refractivity contribution is 7.09. The van der Waals surface area contributed by atoms with Crippen molar-refractivity contribution in [1.29, 1.82) is 0 Å². The first-order valence-electron chi connectivity index (χ1n) is 4.85. The Kier molecular flexibility index (Phi) is 3.06. The quantitative estimate of drug-likeness (QED) is 0.805. The molecule has 0 spiro atoms. The number of nitrogens with one attached hydrogen (secondary N) is 1. The molecule has 0 fully saturated rings. The van der Waals surface area contributed by atoms with Crippen molar-refractivity contribution in [2.24, 2.45) is 0 Å². The molecule has 0 saturated heterocycles. The van der Waals surface area contributed by atoms with Crippen LogP contribution in [0.5, 0.6) is 0 Å². The van der Waals surface area contributed by atoms with Gasteiger partial charge in [0.1, 0.15) is 11.5 Å². The Labute approximate surface area is 101 Å². The maximum absolute atomic E-state index is 13.1. The van der Waals surface area contributed by atoms with Gasteiger partial charge in [-0.25, -0.2) is 9.37 Å². The SMILES string of the molecule is Cc1nc(C(=O)Nc2ccc(N)c(F)c2)cs1. The summed E-state index contributed by atoms with van der Waals surface area (Å²) in [5.74, 6) is -0.921. The number of carbonyl (C=O) groups is 1. The van der Waals surface area contributed by atoms with E-state index in [1.165, 1.54) is 29.5 Å². The molecular formula is C11H10FN3OS. The summed E-state index contributed by atoms with van der Waals surface area (Å²) in [7, 11) is 0. The smallest absolute Gasteiger partial charge is 0.275 e. The Morgan fingerprint density at radius 3 is 2.88 bits per heavy atom. The zero-order chi connectivity index (χ0) is 12.4. The van der Waals surface area contributed by atoms with Crippen molar-refractivity contribution in [3.05, 3.63) is 40.1 Å². The molecule has 2 rings (SSSR count). The molecule has 1 heterocycles. The molecule has 0 aliphatic carbocycles. The second-order valence-corrected chi connectivity index (χ2v) is 4.50. The lowest BCUT2D eigenvalue weighted by atomic mass is 10.2. The minimum absolute atomic E-state index is 0.0486. The topological polar surface area (TPSA) is 68.0 Å². The van der Waals surface area contributed by atoms with Gasteiger partial charge >= 0.3 is 0 Å². The molecule has 2 aromatic rings. The highest BCUT2D eigenvalue weighted by Gasteiger charge is 2.10. The molecule has 6 heteroatoms. The highest BCUT2D eigenvalue weighted by atomic mass is 32.1. The van der Waals surface area contributed by atoms with Gasteiger partial charge < -0.3 is 11.1 Å². The first-order valence-corrected chi connectivity index (χ1v) is 5.73. The Morgan fingerprint density at radius 1 is 1.53 bits per heavy atom. The van der Waals surface area contributed by atoms with Crippen LogP contribution in [-0.4, -0.2) is 10.9 Å². The van der Waals surface area contributed by atoms with Crippen molar-refractivity contribution in [2.45, 2.75) is 6.92 Å². The van der Waals surface area contributed by atoms with Gasteiger partial charge in [0.05, 0.1) is 10.7 Å². The van der Waals surface area contributed by atoms with Gasteiger partial charge in [0.2, 0.25) is 0 Å². The number of hydrogen-bond acceptors (Lipinski definition) is 4. The van der Waals surface area contributed by atoms with Crippen molar-refractivity contribution in [2.75, 3.05) is 11.1 Å². The summed E-state index contributed by atoms with van der Waals surface area (Å²) >= 11 is 1.38. The molecule has 4 nitrogen and oxygen atoms in total. The van der Waals surface area contributed by atoms with Crippen LogP contribution in [0.25, 0.3) is 0 Å². The fourth-order valence-corrected chi connectivity index (χ4v) is 1.86. The first kappa shape index (κ1) is 11.5. The normalized spacial score (nSPS) is 10.2. The molecule has 0 unspecified atom stereocenters. The van der Waals surface area contributed by atoms with Crippen LogP contribution in [0, 0.1) is 12.7 Å². The number of amides is 1. The Hall–Kier alpha value is -1.95. The van der Waals surface area contributed by atoms with Crippen molar-refractivity contribution >= 4 is 28.6 Å². The van der Waals surface area contributed by atoms with E-state index in [0.717, 1.165) is 5.01 Å². The van der Waals surface area contributed by atoms with Crippen molar-refractivity contribution in [1.82, 2.24) is 4.98 Å². The van der Waals surface area contributed by atoms with Crippen LogP contribution in [0.3, 0.4) is 0 Å². The van der Waals surface area contributed by atoms with Crippen LogP contribution in [-0.2, 0) is 0 Å². The van der Waals surface area contributed by atoms with Gasteiger partial charge in [0.15, 0.2) is 0 Å². The molecule has 1 amide bonds. The molecule has 0 aliphatic rings. The van der Waals surface area contributed by atoms with Crippen LogP contribution in [0.2, 0.25) is 0 Å². The summed E-state index contributed by atoms with van der Waals surface area (Å²) in [6, 6.07) is 4.11. The molecule has 0 saturated carbocycles. The maximum atomic E-state index is 13.1. The molecule has 0 radical (unpaired) electrons. The largest absolute Gasteiger partial charge is 0.396 e. The third-order valence-electron chi connectivity index (χ3n) is 2.11. The van der Waals surface area contributed by atoms with E-state index >= 15 is 0 Å². The number of nitrogen functional groups attached to an aromatic ring is 1. The van der Waals surface area contributed by atoms with E-state index in [-0.39, 0.29) is 11.6 Å². The number of aryl methyl sites for hydroxylation is 1. The lowest BCUT2D eigenvalue weighted by Gasteiger charge is -2.04. The number of nitrogens with two attached hydrogens (primary N) is 1. The van der Waals surface area contributed by atoms with Gasteiger partial charge in [0, 0.05) is 11.1 Å². The predicted octanol–water partition coefficient (Wildman–Crippen LogP) is 2.43. The molecule has 0 atom stereocenters. The third kappa shape index (κ3) is 2.59. The zero-order valence-electron chi connectivity index (χ0n) is 9.03. The number of rotatable bonds is 2. The van der Waals surface area contributed by atoms with Crippen LogP contribution in [0.15, 0.2) is 23.6 Å². The number of halogens is 1. The van der Waals surface area contributed by atoms with Crippen LogP contribution in [0.4, 0.5) is 15.8 Å². The van der Waals surface area contributed by atoms with Crippen molar-refractivity contribution in [3.8, 4) is 0 Å². The summed E-state index contributed by atoms with van der Waals surface area (Å²) in [4.78, 5) is 15.7. The second-order valence-electron chi connectivity index (χ2n) is 3.44. The van der Waals surface area contributed by atoms with Gasteiger partial charge in [0.25, 0.3) is 5.91 Å². The summed E-state index contributed by atoms with van der Waals surface area (Å²) < 4.78 is 13.1. The lowest BCUT2D eigenvalue weighted by molar-refractivity contribution is 0.102. The van der Waals surface area contributed by atoms with E-state index in [2.05, 4.69) is 10.3 Å². The molecule has 1 aromatic heterocycles. The Morgan fingerprint density at radius 2 is 2.29 bits per heavy atom. The van der Waals surface area contributed by atoms with E-state index in [0.29, 0.717) is 11.4 Å². The molecule has 0 aliphatic heterocycles. The number of thiazole rings is 1. The van der Waals surface area contributed by atoms with Gasteiger partial charge in [-0.05, 0) is 25.1 Å². The summed E-state index contributed by atoms with van der Waals surface area (Å²) in [6.45, 7) is 1.81.